The summed E-state index contributed by atoms with van der Waals surface area (Å²) in [6.07, 6.45) is 0. The minimum atomic E-state index is -0.928. The fourth-order valence-corrected chi connectivity index (χ4v) is 3.38. The van der Waals surface area contributed by atoms with Gasteiger partial charge in [-0.1, -0.05) is 54.6 Å². The van der Waals surface area contributed by atoms with E-state index in [2.05, 4.69) is 5.32 Å². The third kappa shape index (κ3) is 3.85. The summed E-state index contributed by atoms with van der Waals surface area (Å²) in [6, 6.07) is 25.1. The molecule has 0 spiro atoms. The van der Waals surface area contributed by atoms with Crippen molar-refractivity contribution in [1.82, 2.24) is 5.32 Å². The van der Waals surface area contributed by atoms with Gasteiger partial charge in [0.25, 0.3) is 0 Å². The van der Waals surface area contributed by atoms with Gasteiger partial charge in [-0.05, 0) is 41.0 Å². The summed E-state index contributed by atoms with van der Waals surface area (Å²) in [5, 5.41) is 12.7. The maximum absolute atomic E-state index is 11.4. The molecule has 5 nitrogen and oxygen atoms in total. The molecule has 0 aliphatic carbocycles. The number of aliphatic carboxylic acids is 1. The summed E-state index contributed by atoms with van der Waals surface area (Å²) >= 11 is 0. The van der Waals surface area contributed by atoms with Crippen LogP contribution in [0.1, 0.15) is 16.7 Å². The minimum Gasteiger partial charge on any atom is -0.497 e. The predicted molar refractivity (Wildman–Crippen MR) is 108 cm³/mol. The number of nitrogens with one attached hydrogen (secondary N) is 1. The van der Waals surface area contributed by atoms with Crippen LogP contribution in [0.4, 0.5) is 0 Å². The Balaban J connectivity index is 2.24. The number of carbonyl (C=O) groups is 1. The molecule has 5 heteroatoms. The number of carboxylic acid groups (broad SMARTS) is 1. The van der Waals surface area contributed by atoms with Crippen molar-refractivity contribution in [1.29, 1.82) is 0 Å². The zero-order chi connectivity index (χ0) is 20.0. The lowest BCUT2D eigenvalue weighted by atomic mass is 9.77. The van der Waals surface area contributed by atoms with Crippen LogP contribution in [-0.2, 0) is 10.3 Å². The first-order chi connectivity index (χ1) is 13.6. The fourth-order valence-electron chi connectivity index (χ4n) is 3.38. The van der Waals surface area contributed by atoms with Crippen LogP contribution in [0.2, 0.25) is 0 Å². The second-order valence-electron chi connectivity index (χ2n) is 6.32. The van der Waals surface area contributed by atoms with Crippen molar-refractivity contribution in [3.8, 4) is 11.5 Å². The molecule has 0 amide bonds. The Bertz CT molecular complexity index is 858. The van der Waals surface area contributed by atoms with Crippen LogP contribution in [0, 0.1) is 0 Å². The van der Waals surface area contributed by atoms with Crippen molar-refractivity contribution in [3.63, 3.8) is 0 Å². The number of ether oxygens (including phenoxy) is 2. The Labute approximate surface area is 164 Å². The quantitative estimate of drug-likeness (QED) is 0.586. The minimum absolute atomic E-state index is 0.201. The highest BCUT2D eigenvalue weighted by molar-refractivity contribution is 5.70. The first-order valence-corrected chi connectivity index (χ1v) is 8.91. The van der Waals surface area contributed by atoms with Gasteiger partial charge in [-0.3, -0.25) is 10.1 Å². The van der Waals surface area contributed by atoms with E-state index >= 15 is 0 Å². The van der Waals surface area contributed by atoms with Crippen molar-refractivity contribution in [2.75, 3.05) is 20.8 Å². The van der Waals surface area contributed by atoms with E-state index in [9.17, 15) is 9.90 Å². The maximum atomic E-state index is 11.4. The first-order valence-electron chi connectivity index (χ1n) is 8.91. The molecular weight excluding hydrogens is 354 g/mol. The van der Waals surface area contributed by atoms with Crippen LogP contribution in [0.5, 0.6) is 11.5 Å². The van der Waals surface area contributed by atoms with Gasteiger partial charge in [-0.2, -0.15) is 0 Å². The van der Waals surface area contributed by atoms with E-state index in [0.717, 1.165) is 28.2 Å². The SMILES string of the molecule is COc1ccc(C(NCC(=O)O)(c2ccccc2)c2ccc(OC)cc2)cc1. The van der Waals surface area contributed by atoms with Crippen molar-refractivity contribution in [3.05, 3.63) is 95.6 Å². The Morgan fingerprint density at radius 3 is 1.61 bits per heavy atom. The average molecular weight is 377 g/mol. The van der Waals surface area contributed by atoms with Crippen LogP contribution in [0.3, 0.4) is 0 Å². The molecule has 0 aromatic heterocycles. The van der Waals surface area contributed by atoms with Crippen molar-refractivity contribution >= 4 is 5.97 Å². The lowest BCUT2D eigenvalue weighted by Crippen LogP contribution is -2.46. The highest BCUT2D eigenvalue weighted by Gasteiger charge is 2.36. The molecule has 0 radical (unpaired) electrons. The largest absolute Gasteiger partial charge is 0.497 e. The topological polar surface area (TPSA) is 67.8 Å². The van der Waals surface area contributed by atoms with Gasteiger partial charge in [0.15, 0.2) is 0 Å². The molecule has 0 atom stereocenters. The van der Waals surface area contributed by atoms with Gasteiger partial charge < -0.3 is 14.6 Å². The van der Waals surface area contributed by atoms with E-state index in [0.29, 0.717) is 0 Å². The summed E-state index contributed by atoms with van der Waals surface area (Å²) < 4.78 is 10.6. The molecule has 0 fully saturated rings. The fraction of sp³-hybridized carbons (Fsp3) is 0.174. The molecule has 28 heavy (non-hydrogen) atoms. The number of carboxylic acids is 1. The third-order valence-corrected chi connectivity index (χ3v) is 4.76. The zero-order valence-corrected chi connectivity index (χ0v) is 15.9. The molecule has 0 heterocycles. The van der Waals surface area contributed by atoms with E-state index in [1.54, 1.807) is 14.2 Å². The number of hydrogen-bond acceptors (Lipinski definition) is 4. The van der Waals surface area contributed by atoms with Gasteiger partial charge in [0, 0.05) is 0 Å². The smallest absolute Gasteiger partial charge is 0.317 e. The summed E-state index contributed by atoms with van der Waals surface area (Å²) in [5.74, 6) is 0.541. The van der Waals surface area contributed by atoms with Crippen LogP contribution >= 0.6 is 0 Å². The zero-order valence-electron chi connectivity index (χ0n) is 15.9. The number of hydrogen-bond donors (Lipinski definition) is 2. The lowest BCUT2D eigenvalue weighted by molar-refractivity contribution is -0.136. The first kappa shape index (κ1) is 19.5. The van der Waals surface area contributed by atoms with Crippen LogP contribution in [-0.4, -0.2) is 31.8 Å². The second kappa shape index (κ2) is 8.59. The van der Waals surface area contributed by atoms with E-state index in [-0.39, 0.29) is 6.54 Å². The normalized spacial score (nSPS) is 11.1. The molecule has 0 bridgehead atoms. The Morgan fingerprint density at radius 1 is 0.786 bits per heavy atom. The highest BCUT2D eigenvalue weighted by atomic mass is 16.5. The maximum Gasteiger partial charge on any atom is 0.317 e. The average Bonchev–Trinajstić information content (AvgIpc) is 2.75. The van der Waals surface area contributed by atoms with Gasteiger partial charge in [-0.25, -0.2) is 0 Å². The summed E-state index contributed by atoms with van der Waals surface area (Å²) in [6.45, 7) is -0.201. The van der Waals surface area contributed by atoms with E-state index in [4.69, 9.17) is 9.47 Å². The summed E-state index contributed by atoms with van der Waals surface area (Å²) in [4.78, 5) is 11.4. The number of benzene rings is 3. The van der Waals surface area contributed by atoms with Crippen LogP contribution < -0.4 is 14.8 Å². The standard InChI is InChI=1S/C23H23NO4/c1-27-20-12-8-18(9-13-20)23(24-16-22(25)26,17-6-4-3-5-7-17)19-10-14-21(28-2)15-11-19/h3-15,24H,16H2,1-2H3,(H,25,26). The van der Waals surface area contributed by atoms with Gasteiger partial charge in [-0.15, -0.1) is 0 Å². The van der Waals surface area contributed by atoms with Crippen LogP contribution in [0.15, 0.2) is 78.9 Å². The molecule has 2 N–H and O–H groups in total. The number of rotatable bonds is 8. The lowest BCUT2D eigenvalue weighted by Gasteiger charge is -2.36. The van der Waals surface area contributed by atoms with Crippen molar-refractivity contribution in [2.24, 2.45) is 0 Å². The molecule has 0 saturated carbocycles. The van der Waals surface area contributed by atoms with Crippen molar-refractivity contribution in [2.45, 2.75) is 5.54 Å². The molecule has 3 aromatic rings. The van der Waals surface area contributed by atoms with E-state index in [1.165, 1.54) is 0 Å². The Morgan fingerprint density at radius 2 is 1.21 bits per heavy atom. The van der Waals surface area contributed by atoms with Crippen LogP contribution in [0.25, 0.3) is 0 Å². The highest BCUT2D eigenvalue weighted by Crippen LogP contribution is 2.38. The van der Waals surface area contributed by atoms with E-state index < -0.39 is 11.5 Å². The summed E-state index contributed by atoms with van der Waals surface area (Å²) in [7, 11) is 3.23. The second-order valence-corrected chi connectivity index (χ2v) is 6.32. The Hall–Kier alpha value is -3.31. The predicted octanol–water partition coefficient (Wildman–Crippen LogP) is 3.67. The molecule has 144 valence electrons. The molecule has 0 saturated heterocycles. The van der Waals surface area contributed by atoms with Crippen molar-refractivity contribution < 1.29 is 19.4 Å². The monoisotopic (exact) mass is 377 g/mol. The van der Waals surface area contributed by atoms with Gasteiger partial charge in [0.1, 0.15) is 11.5 Å². The van der Waals surface area contributed by atoms with Gasteiger partial charge in [0.2, 0.25) is 0 Å². The molecule has 3 rings (SSSR count). The van der Waals surface area contributed by atoms with Gasteiger partial charge >= 0.3 is 5.97 Å². The molecule has 0 aliphatic rings. The summed E-state index contributed by atoms with van der Waals surface area (Å²) in [5.41, 5.74) is 1.90. The molecule has 0 aliphatic heterocycles. The Kier molecular flexibility index (Phi) is 5.96. The molecular formula is C23H23NO4. The third-order valence-electron chi connectivity index (χ3n) is 4.76. The van der Waals surface area contributed by atoms with Gasteiger partial charge in [0.05, 0.1) is 26.3 Å². The number of methoxy groups -OCH3 is 2. The molecule has 0 unspecified atom stereocenters. The molecule has 3 aromatic carbocycles. The van der Waals surface area contributed by atoms with E-state index in [1.807, 2.05) is 78.9 Å².